The zero-order valence-electron chi connectivity index (χ0n) is 15.3. The lowest BCUT2D eigenvalue weighted by Crippen LogP contribution is -2.47. The van der Waals surface area contributed by atoms with Crippen LogP contribution in [0.4, 0.5) is 0 Å². The van der Waals surface area contributed by atoms with E-state index in [0.29, 0.717) is 18.0 Å². The second kappa shape index (κ2) is 8.26. The van der Waals surface area contributed by atoms with Crippen LogP contribution in [0.5, 0.6) is 0 Å². The van der Waals surface area contributed by atoms with Crippen molar-refractivity contribution in [1.29, 1.82) is 0 Å². The van der Waals surface area contributed by atoms with Crippen molar-refractivity contribution in [3.63, 3.8) is 0 Å². The Morgan fingerprint density at radius 1 is 1.17 bits per heavy atom. The van der Waals surface area contributed by atoms with Crippen LogP contribution in [0.1, 0.15) is 70.0 Å². The lowest BCUT2D eigenvalue weighted by Gasteiger charge is -2.36. The van der Waals surface area contributed by atoms with Gasteiger partial charge in [0.15, 0.2) is 5.82 Å². The van der Waals surface area contributed by atoms with E-state index in [9.17, 15) is 0 Å². The number of piperidine rings is 1. The Hall–Kier alpha value is -1.20. The maximum absolute atomic E-state index is 5.43. The molecule has 5 nitrogen and oxygen atoms in total. The van der Waals surface area contributed by atoms with Crippen molar-refractivity contribution in [1.82, 2.24) is 20.4 Å². The Kier molecular flexibility index (Phi) is 6.06. The van der Waals surface area contributed by atoms with E-state index in [0.717, 1.165) is 37.5 Å². The predicted molar refractivity (Wildman–Crippen MR) is 96.1 cm³/mol. The lowest BCUT2D eigenvalue weighted by molar-refractivity contribution is 0.190. The minimum Gasteiger partial charge on any atom is -0.339 e. The van der Waals surface area contributed by atoms with Gasteiger partial charge in [-0.3, -0.25) is 4.90 Å². The van der Waals surface area contributed by atoms with Crippen molar-refractivity contribution in [2.75, 3.05) is 19.6 Å². The summed E-state index contributed by atoms with van der Waals surface area (Å²) >= 11 is 0. The quantitative estimate of drug-likeness (QED) is 0.810. The highest BCUT2D eigenvalue weighted by Crippen LogP contribution is 2.32. The summed E-state index contributed by atoms with van der Waals surface area (Å²) in [5.74, 6) is 2.17. The van der Waals surface area contributed by atoms with Crippen LogP contribution in [0.3, 0.4) is 0 Å². The number of hydrogen-bond acceptors (Lipinski definition) is 5. The highest BCUT2D eigenvalue weighted by atomic mass is 16.5. The SMILES string of the molecule is C=C(C)CN1CCC(NC2CCC(c3nc(CC)no3)CC2)CC1. The van der Waals surface area contributed by atoms with Crippen LogP contribution in [0.25, 0.3) is 0 Å². The Bertz CT molecular complexity index is 525. The summed E-state index contributed by atoms with van der Waals surface area (Å²) in [4.78, 5) is 7.04. The summed E-state index contributed by atoms with van der Waals surface area (Å²) < 4.78 is 5.43. The molecule has 24 heavy (non-hydrogen) atoms. The van der Waals surface area contributed by atoms with E-state index in [1.807, 2.05) is 0 Å². The van der Waals surface area contributed by atoms with Crippen molar-refractivity contribution in [2.24, 2.45) is 0 Å². The first-order chi connectivity index (χ1) is 11.6. The molecule has 5 heteroatoms. The molecule has 1 aromatic heterocycles. The van der Waals surface area contributed by atoms with E-state index in [2.05, 4.69) is 40.8 Å². The highest BCUT2D eigenvalue weighted by molar-refractivity contribution is 4.98. The average Bonchev–Trinajstić information content (AvgIpc) is 3.06. The lowest BCUT2D eigenvalue weighted by atomic mass is 9.85. The maximum atomic E-state index is 5.43. The van der Waals surface area contributed by atoms with Gasteiger partial charge in [-0.25, -0.2) is 0 Å². The molecule has 3 rings (SSSR count). The Balaban J connectivity index is 1.39. The number of aryl methyl sites for hydroxylation is 1. The summed E-state index contributed by atoms with van der Waals surface area (Å²) in [5, 5.41) is 7.94. The van der Waals surface area contributed by atoms with Crippen LogP contribution in [0.2, 0.25) is 0 Å². The fraction of sp³-hybridized carbons (Fsp3) is 0.789. The second-order valence-electron chi connectivity index (χ2n) is 7.63. The number of likely N-dealkylation sites (tertiary alicyclic amines) is 1. The summed E-state index contributed by atoms with van der Waals surface area (Å²) in [6, 6.07) is 1.34. The molecule has 0 aromatic carbocycles. The standard InChI is InChI=1S/C19H32N4O/c1-4-18-21-19(24-22-18)15-5-7-16(8-6-15)20-17-9-11-23(12-10-17)13-14(2)3/h15-17,20H,2,4-13H2,1,3H3. The molecule has 1 saturated heterocycles. The summed E-state index contributed by atoms with van der Waals surface area (Å²) in [6.07, 6.45) is 8.15. The molecule has 2 aliphatic rings. The van der Waals surface area contributed by atoms with Crippen LogP contribution in [-0.2, 0) is 6.42 Å². The molecule has 1 aliphatic heterocycles. The molecule has 0 radical (unpaired) electrons. The topological polar surface area (TPSA) is 54.2 Å². The number of nitrogens with zero attached hydrogens (tertiary/aromatic N) is 3. The normalized spacial score (nSPS) is 26.6. The number of nitrogens with one attached hydrogen (secondary N) is 1. The van der Waals surface area contributed by atoms with Crippen LogP contribution < -0.4 is 5.32 Å². The molecule has 2 heterocycles. The van der Waals surface area contributed by atoms with Crippen LogP contribution >= 0.6 is 0 Å². The first-order valence-electron chi connectivity index (χ1n) is 9.59. The first-order valence-corrected chi connectivity index (χ1v) is 9.59. The molecule has 2 fully saturated rings. The fourth-order valence-corrected chi connectivity index (χ4v) is 4.06. The van der Waals surface area contributed by atoms with Crippen LogP contribution in [0, 0.1) is 0 Å². The van der Waals surface area contributed by atoms with Crippen molar-refractivity contribution >= 4 is 0 Å². The minimum absolute atomic E-state index is 0.466. The highest BCUT2D eigenvalue weighted by Gasteiger charge is 2.28. The number of hydrogen-bond donors (Lipinski definition) is 1. The molecule has 0 spiro atoms. The third kappa shape index (κ3) is 4.67. The number of aromatic nitrogens is 2. The van der Waals surface area contributed by atoms with Crippen molar-refractivity contribution in [3.8, 4) is 0 Å². The minimum atomic E-state index is 0.466. The summed E-state index contributed by atoms with van der Waals surface area (Å²) in [5.41, 5.74) is 1.27. The molecule has 1 saturated carbocycles. The van der Waals surface area contributed by atoms with Gasteiger partial charge in [-0.2, -0.15) is 4.98 Å². The van der Waals surface area contributed by atoms with Crippen LogP contribution in [-0.4, -0.2) is 46.8 Å². The van der Waals surface area contributed by atoms with Gasteiger partial charge in [-0.15, -0.1) is 0 Å². The van der Waals surface area contributed by atoms with Crippen molar-refractivity contribution < 1.29 is 4.52 Å². The van der Waals surface area contributed by atoms with Gasteiger partial charge in [-0.05, 0) is 58.5 Å². The predicted octanol–water partition coefficient (Wildman–Crippen LogP) is 3.29. The van der Waals surface area contributed by atoms with Crippen molar-refractivity contribution in [2.45, 2.75) is 76.8 Å². The van der Waals surface area contributed by atoms with Gasteiger partial charge in [0.2, 0.25) is 5.89 Å². The fourth-order valence-electron chi connectivity index (χ4n) is 4.06. The average molecular weight is 332 g/mol. The Morgan fingerprint density at radius 3 is 2.42 bits per heavy atom. The van der Waals surface area contributed by atoms with E-state index in [1.165, 1.54) is 44.3 Å². The van der Waals surface area contributed by atoms with Gasteiger partial charge in [0.25, 0.3) is 0 Å². The molecular formula is C19H32N4O. The van der Waals surface area contributed by atoms with Gasteiger partial charge in [-0.1, -0.05) is 24.2 Å². The first kappa shape index (κ1) is 17.6. The van der Waals surface area contributed by atoms with Crippen LogP contribution in [0.15, 0.2) is 16.7 Å². The van der Waals surface area contributed by atoms with Crippen molar-refractivity contribution in [3.05, 3.63) is 23.9 Å². The molecule has 1 aromatic rings. The zero-order chi connectivity index (χ0) is 16.9. The van der Waals surface area contributed by atoms with Gasteiger partial charge >= 0.3 is 0 Å². The molecule has 0 unspecified atom stereocenters. The maximum Gasteiger partial charge on any atom is 0.229 e. The molecule has 1 aliphatic carbocycles. The van der Waals surface area contributed by atoms with Gasteiger partial charge in [0.1, 0.15) is 0 Å². The zero-order valence-corrected chi connectivity index (χ0v) is 15.3. The van der Waals surface area contributed by atoms with E-state index in [4.69, 9.17) is 4.52 Å². The Morgan fingerprint density at radius 2 is 1.83 bits per heavy atom. The van der Waals surface area contributed by atoms with E-state index in [1.54, 1.807) is 0 Å². The number of rotatable bonds is 6. The second-order valence-corrected chi connectivity index (χ2v) is 7.63. The van der Waals surface area contributed by atoms with Gasteiger partial charge in [0, 0.05) is 31.0 Å². The third-order valence-corrected chi connectivity index (χ3v) is 5.43. The largest absolute Gasteiger partial charge is 0.339 e. The van der Waals surface area contributed by atoms with E-state index < -0.39 is 0 Å². The molecule has 134 valence electrons. The smallest absolute Gasteiger partial charge is 0.229 e. The monoisotopic (exact) mass is 332 g/mol. The molecule has 1 N–H and O–H groups in total. The van der Waals surface area contributed by atoms with E-state index in [-0.39, 0.29) is 0 Å². The van der Waals surface area contributed by atoms with Gasteiger partial charge in [0.05, 0.1) is 0 Å². The van der Waals surface area contributed by atoms with E-state index >= 15 is 0 Å². The molecular weight excluding hydrogens is 300 g/mol. The molecule has 0 bridgehead atoms. The summed E-state index contributed by atoms with van der Waals surface area (Å²) in [6.45, 7) is 11.7. The summed E-state index contributed by atoms with van der Waals surface area (Å²) in [7, 11) is 0. The Labute approximate surface area is 145 Å². The molecule has 0 atom stereocenters. The third-order valence-electron chi connectivity index (χ3n) is 5.43. The van der Waals surface area contributed by atoms with Gasteiger partial charge < -0.3 is 9.84 Å². The molecule has 0 amide bonds.